The maximum absolute atomic E-state index is 12.7. The molecule has 2 heterocycles. The predicted octanol–water partition coefficient (Wildman–Crippen LogP) is 2.52. The summed E-state index contributed by atoms with van der Waals surface area (Å²) >= 11 is 0. The van der Waals surface area contributed by atoms with Crippen LogP contribution in [0.15, 0.2) is 33.5 Å². The second-order valence-electron chi connectivity index (χ2n) is 9.60. The third kappa shape index (κ3) is 5.18. The molecule has 29 heavy (non-hydrogen) atoms. The second kappa shape index (κ2) is 7.82. The van der Waals surface area contributed by atoms with Crippen LogP contribution in [0.25, 0.3) is 11.0 Å². The van der Waals surface area contributed by atoms with Crippen molar-refractivity contribution in [2.75, 3.05) is 0 Å². The Kier molecular flexibility index (Phi) is 5.77. The molecule has 1 fully saturated rings. The van der Waals surface area contributed by atoms with Gasteiger partial charge >= 0.3 is 5.63 Å². The fourth-order valence-electron chi connectivity index (χ4n) is 4.77. The zero-order valence-electron chi connectivity index (χ0n) is 18.3. The highest BCUT2D eigenvalue weighted by Crippen LogP contribution is 2.25. The van der Waals surface area contributed by atoms with Gasteiger partial charge in [-0.25, -0.2) is 4.79 Å². The number of nitrogens with two attached hydrogens (primary N) is 1. The van der Waals surface area contributed by atoms with E-state index >= 15 is 0 Å². The maximum Gasteiger partial charge on any atom is 0.336 e. The Labute approximate surface area is 172 Å². The summed E-state index contributed by atoms with van der Waals surface area (Å²) in [5.74, 6) is 0.376. The number of nitrogens with one attached hydrogen (secondary N) is 1. The highest BCUT2D eigenvalue weighted by atomic mass is 16.5. The van der Waals surface area contributed by atoms with Crippen LogP contribution >= 0.6 is 0 Å². The quantitative estimate of drug-likeness (QED) is 0.754. The third-order valence-electron chi connectivity index (χ3n) is 5.54. The minimum Gasteiger partial charge on any atom is -0.481 e. The molecule has 1 aliphatic heterocycles. The molecule has 1 aromatic carbocycles. The van der Waals surface area contributed by atoms with Gasteiger partial charge in [0.25, 0.3) is 5.91 Å². The number of fused-ring (bicyclic) bond motifs is 1. The Morgan fingerprint density at radius 1 is 1.24 bits per heavy atom. The lowest BCUT2D eigenvalue weighted by atomic mass is 9.79. The van der Waals surface area contributed by atoms with Gasteiger partial charge in [-0.3, -0.25) is 4.79 Å². The molecule has 6 nitrogen and oxygen atoms in total. The number of carbonyl (C=O) groups is 1. The topological polar surface area (TPSA) is 85.1 Å². The van der Waals surface area contributed by atoms with Gasteiger partial charge in [0.15, 0.2) is 6.10 Å². The van der Waals surface area contributed by atoms with Crippen LogP contribution in [0.1, 0.15) is 59.9 Å². The molecule has 0 spiro atoms. The molecule has 1 atom stereocenters. The van der Waals surface area contributed by atoms with E-state index in [0.717, 1.165) is 30.2 Å². The normalized spacial score (nSPS) is 19.7. The third-order valence-corrected chi connectivity index (χ3v) is 5.54. The van der Waals surface area contributed by atoms with E-state index in [-0.39, 0.29) is 28.7 Å². The first-order valence-electron chi connectivity index (χ1n) is 10.4. The van der Waals surface area contributed by atoms with E-state index in [4.69, 9.17) is 9.15 Å². The van der Waals surface area contributed by atoms with E-state index in [1.54, 1.807) is 13.0 Å². The molecule has 3 N–H and O–H groups in total. The lowest BCUT2D eigenvalue weighted by molar-refractivity contribution is -0.787. The number of hydrogen-bond donors (Lipinski definition) is 2. The Morgan fingerprint density at radius 3 is 2.52 bits per heavy atom. The first kappa shape index (κ1) is 21.4. The van der Waals surface area contributed by atoms with Gasteiger partial charge in [0.1, 0.15) is 11.3 Å². The van der Waals surface area contributed by atoms with Crippen LogP contribution in [0, 0.1) is 0 Å². The molecule has 158 valence electrons. The van der Waals surface area contributed by atoms with E-state index in [2.05, 4.69) is 38.3 Å². The molecule has 6 heteroatoms. The van der Waals surface area contributed by atoms with E-state index in [1.165, 1.54) is 6.07 Å². The molecule has 1 amide bonds. The number of hydrogen-bond acceptors (Lipinski definition) is 4. The van der Waals surface area contributed by atoms with Crippen LogP contribution < -0.4 is 21.0 Å². The summed E-state index contributed by atoms with van der Waals surface area (Å²) in [7, 11) is 0. The molecule has 3 rings (SSSR count). The van der Waals surface area contributed by atoms with Gasteiger partial charge in [-0.15, -0.1) is 0 Å². The fourth-order valence-corrected chi connectivity index (χ4v) is 4.77. The molecule has 0 aliphatic carbocycles. The van der Waals surface area contributed by atoms with Crippen LogP contribution in [-0.2, 0) is 11.2 Å². The van der Waals surface area contributed by atoms with Gasteiger partial charge in [0, 0.05) is 36.4 Å². The van der Waals surface area contributed by atoms with E-state index in [9.17, 15) is 9.59 Å². The van der Waals surface area contributed by atoms with Crippen LogP contribution in [0.3, 0.4) is 0 Å². The standard InChI is InChI=1S/C23H32N2O4/c1-7-15-10-20(26)29-19-11-17(8-9-18(15)19)28-14(2)21(27)24-16-12-22(3,4)25-23(5,6)13-16/h8-11,14,16,25H,7,12-13H2,1-6H3,(H,24,27)/p+1/t14-/m1/s1. The molecular weight excluding hydrogens is 368 g/mol. The maximum atomic E-state index is 12.7. The molecule has 0 bridgehead atoms. The van der Waals surface area contributed by atoms with Crippen molar-refractivity contribution in [1.82, 2.24) is 5.32 Å². The molecule has 1 aromatic heterocycles. The van der Waals surface area contributed by atoms with Crippen molar-refractivity contribution in [3.8, 4) is 5.75 Å². The van der Waals surface area contributed by atoms with E-state index < -0.39 is 6.10 Å². The van der Waals surface area contributed by atoms with E-state index in [1.807, 2.05) is 19.1 Å². The Hall–Kier alpha value is -2.34. The first-order valence-corrected chi connectivity index (χ1v) is 10.4. The average Bonchev–Trinajstić information content (AvgIpc) is 2.57. The van der Waals surface area contributed by atoms with Gasteiger partial charge in [0.05, 0.1) is 11.1 Å². The van der Waals surface area contributed by atoms with Gasteiger partial charge in [0.2, 0.25) is 0 Å². The number of quaternary nitrogens is 1. The van der Waals surface area contributed by atoms with Gasteiger partial charge in [-0.1, -0.05) is 6.92 Å². The zero-order chi connectivity index (χ0) is 21.4. The summed E-state index contributed by atoms with van der Waals surface area (Å²) in [6, 6.07) is 7.00. The summed E-state index contributed by atoms with van der Waals surface area (Å²) in [4.78, 5) is 24.5. The second-order valence-corrected chi connectivity index (χ2v) is 9.60. The lowest BCUT2D eigenvalue weighted by Crippen LogP contribution is -3.06. The molecule has 1 aliphatic rings. The smallest absolute Gasteiger partial charge is 0.336 e. The van der Waals surface area contributed by atoms with Crippen molar-refractivity contribution in [2.45, 2.75) is 84.0 Å². The Bertz CT molecular complexity index is 945. The summed E-state index contributed by atoms with van der Waals surface area (Å²) < 4.78 is 11.2. The van der Waals surface area contributed by atoms with Crippen molar-refractivity contribution < 1.29 is 19.3 Å². The minimum absolute atomic E-state index is 0.0800. The zero-order valence-corrected chi connectivity index (χ0v) is 18.3. The number of aryl methyl sites for hydroxylation is 1. The van der Waals surface area contributed by atoms with Gasteiger partial charge in [-0.2, -0.15) is 0 Å². The van der Waals surface area contributed by atoms with Gasteiger partial charge < -0.3 is 19.8 Å². The number of rotatable bonds is 5. The molecule has 0 saturated carbocycles. The Balaban J connectivity index is 1.70. The predicted molar refractivity (Wildman–Crippen MR) is 113 cm³/mol. The largest absolute Gasteiger partial charge is 0.481 e. The number of amides is 1. The first-order chi connectivity index (χ1) is 13.5. The number of ether oxygens (including phenoxy) is 1. The molecule has 2 aromatic rings. The summed E-state index contributed by atoms with van der Waals surface area (Å²) in [6.07, 6.45) is 1.92. The number of benzene rings is 1. The lowest BCUT2D eigenvalue weighted by Gasteiger charge is -2.43. The number of carbonyl (C=O) groups excluding carboxylic acids is 1. The molecular formula is C23H33N2O4+. The van der Waals surface area contributed by atoms with Crippen molar-refractivity contribution in [2.24, 2.45) is 0 Å². The molecule has 0 unspecified atom stereocenters. The minimum atomic E-state index is -0.648. The highest BCUT2D eigenvalue weighted by Gasteiger charge is 2.42. The van der Waals surface area contributed by atoms with Crippen LogP contribution in [0.5, 0.6) is 5.75 Å². The highest BCUT2D eigenvalue weighted by molar-refractivity contribution is 5.83. The monoisotopic (exact) mass is 401 g/mol. The molecule has 1 saturated heterocycles. The van der Waals surface area contributed by atoms with Crippen molar-refractivity contribution in [3.63, 3.8) is 0 Å². The van der Waals surface area contributed by atoms with Crippen LogP contribution in [-0.4, -0.2) is 29.1 Å². The van der Waals surface area contributed by atoms with E-state index in [0.29, 0.717) is 11.3 Å². The van der Waals surface area contributed by atoms with Crippen molar-refractivity contribution in [1.29, 1.82) is 0 Å². The number of piperidine rings is 1. The van der Waals surface area contributed by atoms with Crippen LogP contribution in [0.2, 0.25) is 0 Å². The molecule has 0 radical (unpaired) electrons. The van der Waals surface area contributed by atoms with Crippen LogP contribution in [0.4, 0.5) is 0 Å². The van der Waals surface area contributed by atoms with Crippen molar-refractivity contribution in [3.05, 3.63) is 40.2 Å². The van der Waals surface area contributed by atoms with Crippen molar-refractivity contribution >= 4 is 16.9 Å². The summed E-state index contributed by atoms with van der Waals surface area (Å²) in [5.41, 5.74) is 1.20. The fraction of sp³-hybridized carbons (Fsp3) is 0.565. The van der Waals surface area contributed by atoms with Gasteiger partial charge in [-0.05, 0) is 58.7 Å². The Morgan fingerprint density at radius 2 is 1.90 bits per heavy atom. The summed E-state index contributed by atoms with van der Waals surface area (Å²) in [6.45, 7) is 12.6. The average molecular weight is 402 g/mol. The summed E-state index contributed by atoms with van der Waals surface area (Å²) in [5, 5.41) is 6.43. The SMILES string of the molecule is CCc1cc(=O)oc2cc(O[C@H](C)C(=O)NC3CC(C)(C)[NH2+]C(C)(C)C3)ccc12.